The number of nitrogen functional groups attached to an aromatic ring is 1. The summed E-state index contributed by atoms with van der Waals surface area (Å²) >= 11 is 6.11. The number of aryl methyl sites for hydroxylation is 1. The van der Waals surface area contributed by atoms with Gasteiger partial charge in [-0.2, -0.15) is 4.31 Å². The molecule has 1 fully saturated rings. The third-order valence-electron chi connectivity index (χ3n) is 4.24. The van der Waals surface area contributed by atoms with Crippen molar-refractivity contribution in [3.63, 3.8) is 0 Å². The third kappa shape index (κ3) is 2.80. The molecule has 1 saturated heterocycles. The minimum absolute atomic E-state index is 0.115. The molecule has 2 rings (SSSR count). The Morgan fingerprint density at radius 1 is 1.30 bits per heavy atom. The van der Waals surface area contributed by atoms with Gasteiger partial charge in [-0.15, -0.1) is 0 Å². The monoisotopic (exact) mass is 316 g/mol. The van der Waals surface area contributed by atoms with Gasteiger partial charge in [0.25, 0.3) is 0 Å². The molecule has 0 bridgehead atoms. The van der Waals surface area contributed by atoms with Crippen LogP contribution in [0.5, 0.6) is 0 Å². The molecule has 112 valence electrons. The molecular formula is C14H21ClN2O2S. The van der Waals surface area contributed by atoms with Crippen molar-refractivity contribution in [3.05, 3.63) is 22.7 Å². The summed E-state index contributed by atoms with van der Waals surface area (Å²) in [5.41, 5.74) is 7.06. The van der Waals surface area contributed by atoms with E-state index in [2.05, 4.69) is 13.8 Å². The van der Waals surface area contributed by atoms with Gasteiger partial charge in [0.2, 0.25) is 10.0 Å². The maximum atomic E-state index is 12.7. The Morgan fingerprint density at radius 2 is 1.95 bits per heavy atom. The summed E-state index contributed by atoms with van der Waals surface area (Å²) in [4.78, 5) is 0.115. The fraction of sp³-hybridized carbons (Fsp3) is 0.571. The third-order valence-corrected chi connectivity index (χ3v) is 6.57. The molecule has 0 saturated carbocycles. The summed E-state index contributed by atoms with van der Waals surface area (Å²) in [6.45, 7) is 7.12. The molecule has 0 aliphatic carbocycles. The number of hydrogen-bond acceptors (Lipinski definition) is 3. The van der Waals surface area contributed by atoms with Crippen molar-refractivity contribution >= 4 is 27.3 Å². The fourth-order valence-electron chi connectivity index (χ4n) is 2.45. The quantitative estimate of drug-likeness (QED) is 0.853. The minimum Gasteiger partial charge on any atom is -0.398 e. The van der Waals surface area contributed by atoms with Crippen molar-refractivity contribution in [2.75, 3.05) is 18.8 Å². The summed E-state index contributed by atoms with van der Waals surface area (Å²) in [5.74, 6) is 0.889. The van der Waals surface area contributed by atoms with Gasteiger partial charge in [-0.1, -0.05) is 25.4 Å². The van der Waals surface area contributed by atoms with Gasteiger partial charge >= 0.3 is 0 Å². The van der Waals surface area contributed by atoms with Gasteiger partial charge in [-0.25, -0.2) is 8.42 Å². The molecular weight excluding hydrogens is 296 g/mol. The van der Waals surface area contributed by atoms with Crippen LogP contribution in [0.4, 0.5) is 5.69 Å². The SMILES string of the molecule is Cc1cc(Cl)c(S(=O)(=O)N2CCC(C)C(C)C2)cc1N. The van der Waals surface area contributed by atoms with Crippen molar-refractivity contribution in [1.82, 2.24) is 4.31 Å². The van der Waals surface area contributed by atoms with Gasteiger partial charge in [0.15, 0.2) is 0 Å². The number of halogens is 1. The average molecular weight is 317 g/mol. The van der Waals surface area contributed by atoms with Gasteiger partial charge in [0.05, 0.1) is 5.02 Å². The summed E-state index contributed by atoms with van der Waals surface area (Å²) in [5, 5.41) is 0.239. The highest BCUT2D eigenvalue weighted by molar-refractivity contribution is 7.89. The first kappa shape index (κ1) is 15.6. The number of nitrogens with zero attached hydrogens (tertiary/aromatic N) is 1. The minimum atomic E-state index is -3.57. The van der Waals surface area contributed by atoms with Crippen molar-refractivity contribution in [1.29, 1.82) is 0 Å². The molecule has 4 nitrogen and oxygen atoms in total. The number of anilines is 1. The molecule has 0 radical (unpaired) electrons. The van der Waals surface area contributed by atoms with E-state index in [1.54, 1.807) is 6.07 Å². The van der Waals surface area contributed by atoms with E-state index in [0.717, 1.165) is 12.0 Å². The van der Waals surface area contributed by atoms with E-state index in [0.29, 0.717) is 30.6 Å². The summed E-state index contributed by atoms with van der Waals surface area (Å²) < 4.78 is 26.9. The van der Waals surface area contributed by atoms with E-state index in [-0.39, 0.29) is 9.92 Å². The van der Waals surface area contributed by atoms with Crippen LogP contribution in [0.3, 0.4) is 0 Å². The Morgan fingerprint density at radius 3 is 2.55 bits per heavy atom. The lowest BCUT2D eigenvalue weighted by Crippen LogP contribution is -2.42. The maximum absolute atomic E-state index is 12.7. The van der Waals surface area contributed by atoms with Crippen LogP contribution in [0.15, 0.2) is 17.0 Å². The van der Waals surface area contributed by atoms with Crippen LogP contribution in [0.1, 0.15) is 25.8 Å². The molecule has 6 heteroatoms. The first-order chi connectivity index (χ1) is 9.23. The molecule has 2 unspecified atom stereocenters. The van der Waals surface area contributed by atoms with E-state index in [4.69, 9.17) is 17.3 Å². The molecule has 1 aromatic rings. The molecule has 0 aromatic heterocycles. The van der Waals surface area contributed by atoms with Crippen molar-refractivity contribution in [3.8, 4) is 0 Å². The normalized spacial score (nSPS) is 24.8. The van der Waals surface area contributed by atoms with Crippen LogP contribution in [0.25, 0.3) is 0 Å². The smallest absolute Gasteiger partial charge is 0.244 e. The van der Waals surface area contributed by atoms with Crippen molar-refractivity contribution < 1.29 is 8.42 Å². The van der Waals surface area contributed by atoms with Crippen LogP contribution in [0, 0.1) is 18.8 Å². The topological polar surface area (TPSA) is 63.4 Å². The second kappa shape index (κ2) is 5.54. The first-order valence-corrected chi connectivity index (χ1v) is 8.61. The Labute approximate surface area is 126 Å². The first-order valence-electron chi connectivity index (χ1n) is 6.79. The van der Waals surface area contributed by atoms with Crippen LogP contribution in [0.2, 0.25) is 5.02 Å². The molecule has 20 heavy (non-hydrogen) atoms. The highest BCUT2D eigenvalue weighted by atomic mass is 35.5. The fourth-order valence-corrected chi connectivity index (χ4v) is 4.60. The van der Waals surface area contributed by atoms with Gasteiger partial charge in [0, 0.05) is 18.8 Å². The molecule has 1 aliphatic rings. The Bertz CT molecular complexity index is 616. The zero-order valence-electron chi connectivity index (χ0n) is 12.1. The van der Waals surface area contributed by atoms with Crippen LogP contribution in [-0.4, -0.2) is 25.8 Å². The number of hydrogen-bond donors (Lipinski definition) is 1. The number of benzene rings is 1. The lowest BCUT2D eigenvalue weighted by Gasteiger charge is -2.34. The Hall–Kier alpha value is -0.780. The van der Waals surface area contributed by atoms with Crippen LogP contribution >= 0.6 is 11.6 Å². The van der Waals surface area contributed by atoms with Gasteiger partial charge < -0.3 is 5.73 Å². The van der Waals surface area contributed by atoms with E-state index in [1.165, 1.54) is 10.4 Å². The molecule has 0 amide bonds. The van der Waals surface area contributed by atoms with Crippen molar-refractivity contribution in [2.45, 2.75) is 32.1 Å². The standard InChI is InChI=1S/C14H21ClN2O2S/c1-9-4-5-17(8-11(9)3)20(18,19)14-7-13(16)10(2)6-12(14)15/h6-7,9,11H,4-5,8,16H2,1-3H3. The number of nitrogens with two attached hydrogens (primary N) is 1. The van der Waals surface area contributed by atoms with Gasteiger partial charge in [-0.3, -0.25) is 0 Å². The Kier molecular flexibility index (Phi) is 4.33. The zero-order valence-corrected chi connectivity index (χ0v) is 13.6. The maximum Gasteiger partial charge on any atom is 0.244 e. The number of piperidine rings is 1. The number of rotatable bonds is 2. The van der Waals surface area contributed by atoms with E-state index < -0.39 is 10.0 Å². The molecule has 0 spiro atoms. The predicted molar refractivity (Wildman–Crippen MR) is 82.3 cm³/mol. The summed E-state index contributed by atoms with van der Waals surface area (Å²) in [6, 6.07) is 3.08. The van der Waals surface area contributed by atoms with Gasteiger partial charge in [0.1, 0.15) is 4.90 Å². The summed E-state index contributed by atoms with van der Waals surface area (Å²) in [7, 11) is -3.57. The number of sulfonamides is 1. The zero-order chi connectivity index (χ0) is 15.1. The molecule has 1 aromatic carbocycles. The van der Waals surface area contributed by atoms with Crippen LogP contribution < -0.4 is 5.73 Å². The predicted octanol–water partition coefficient (Wildman–Crippen LogP) is 2.90. The average Bonchev–Trinajstić information content (AvgIpc) is 2.36. The summed E-state index contributed by atoms with van der Waals surface area (Å²) in [6.07, 6.45) is 0.874. The van der Waals surface area contributed by atoms with Gasteiger partial charge in [-0.05, 0) is 42.9 Å². The van der Waals surface area contributed by atoms with E-state index in [1.807, 2.05) is 6.92 Å². The molecule has 2 N–H and O–H groups in total. The molecule has 1 heterocycles. The highest BCUT2D eigenvalue weighted by Gasteiger charge is 2.33. The molecule has 1 aliphatic heterocycles. The lowest BCUT2D eigenvalue weighted by molar-refractivity contribution is 0.212. The van der Waals surface area contributed by atoms with E-state index in [9.17, 15) is 8.42 Å². The highest BCUT2D eigenvalue weighted by Crippen LogP contribution is 2.32. The second-order valence-corrected chi connectivity index (χ2v) is 8.06. The largest absolute Gasteiger partial charge is 0.398 e. The van der Waals surface area contributed by atoms with E-state index >= 15 is 0 Å². The Balaban J connectivity index is 2.38. The van der Waals surface area contributed by atoms with Crippen LogP contribution in [-0.2, 0) is 10.0 Å². The molecule has 2 atom stereocenters. The lowest BCUT2D eigenvalue weighted by atomic mass is 9.90. The van der Waals surface area contributed by atoms with Crippen molar-refractivity contribution in [2.24, 2.45) is 11.8 Å². The second-order valence-electron chi connectivity index (χ2n) is 5.75.